The molecule has 27 heavy (non-hydrogen) atoms. The Labute approximate surface area is 165 Å². The lowest BCUT2D eigenvalue weighted by Crippen LogP contribution is -1.99. The zero-order valence-electron chi connectivity index (χ0n) is 15.9. The van der Waals surface area contributed by atoms with Crippen molar-refractivity contribution in [2.75, 3.05) is 6.54 Å². The van der Waals surface area contributed by atoms with Crippen molar-refractivity contribution in [1.29, 1.82) is 0 Å². The molecule has 1 aromatic heterocycles. The maximum atomic E-state index is 6.40. The summed E-state index contributed by atoms with van der Waals surface area (Å²) in [5, 5.41) is 4.66. The van der Waals surface area contributed by atoms with Crippen LogP contribution >= 0.6 is 11.6 Å². The second-order valence-electron chi connectivity index (χ2n) is 7.29. The Morgan fingerprint density at radius 1 is 0.889 bits per heavy atom. The molecule has 0 spiro atoms. The first-order valence-corrected chi connectivity index (χ1v) is 9.98. The van der Waals surface area contributed by atoms with Crippen molar-refractivity contribution in [3.63, 3.8) is 0 Å². The van der Waals surface area contributed by atoms with Gasteiger partial charge in [0, 0.05) is 16.0 Å². The summed E-state index contributed by atoms with van der Waals surface area (Å²) in [5.74, 6) is 0. The SMILES string of the molecule is Cc1ccc(-c2[nH]c3c(C)c(Cl)ccc3c2CCCCN)c2ccccc12. The van der Waals surface area contributed by atoms with E-state index in [-0.39, 0.29) is 0 Å². The Bertz CT molecular complexity index is 1120. The Hall–Kier alpha value is -2.29. The fourth-order valence-electron chi connectivity index (χ4n) is 4.04. The summed E-state index contributed by atoms with van der Waals surface area (Å²) in [7, 11) is 0. The molecule has 0 aliphatic heterocycles. The van der Waals surface area contributed by atoms with E-state index in [0.717, 1.165) is 41.9 Å². The number of nitrogens with one attached hydrogen (secondary N) is 1. The Morgan fingerprint density at radius 2 is 1.67 bits per heavy atom. The largest absolute Gasteiger partial charge is 0.354 e. The van der Waals surface area contributed by atoms with Gasteiger partial charge in [0.1, 0.15) is 0 Å². The van der Waals surface area contributed by atoms with E-state index in [9.17, 15) is 0 Å². The number of aromatic nitrogens is 1. The molecule has 4 aromatic rings. The molecular weight excluding hydrogens is 352 g/mol. The van der Waals surface area contributed by atoms with Gasteiger partial charge in [-0.05, 0) is 73.2 Å². The molecule has 0 saturated carbocycles. The average Bonchev–Trinajstić information content (AvgIpc) is 3.05. The van der Waals surface area contributed by atoms with E-state index in [0.29, 0.717) is 0 Å². The van der Waals surface area contributed by atoms with Gasteiger partial charge >= 0.3 is 0 Å². The third kappa shape index (κ3) is 3.13. The lowest BCUT2D eigenvalue weighted by molar-refractivity contribution is 0.748. The highest BCUT2D eigenvalue weighted by Gasteiger charge is 2.17. The monoisotopic (exact) mass is 376 g/mol. The van der Waals surface area contributed by atoms with E-state index < -0.39 is 0 Å². The quantitative estimate of drug-likeness (QED) is 0.381. The van der Waals surface area contributed by atoms with Crippen LogP contribution in [0.25, 0.3) is 32.9 Å². The van der Waals surface area contributed by atoms with Crippen LogP contribution in [-0.2, 0) is 6.42 Å². The molecule has 0 aliphatic rings. The number of rotatable bonds is 5. The molecule has 0 aliphatic carbocycles. The highest BCUT2D eigenvalue weighted by molar-refractivity contribution is 6.32. The van der Waals surface area contributed by atoms with E-state index in [1.165, 1.54) is 38.5 Å². The summed E-state index contributed by atoms with van der Waals surface area (Å²) < 4.78 is 0. The van der Waals surface area contributed by atoms with Gasteiger partial charge in [-0.15, -0.1) is 0 Å². The van der Waals surface area contributed by atoms with Crippen LogP contribution < -0.4 is 5.73 Å². The van der Waals surface area contributed by atoms with E-state index in [1.54, 1.807) is 0 Å². The number of aromatic amines is 1. The van der Waals surface area contributed by atoms with Crippen LogP contribution in [-0.4, -0.2) is 11.5 Å². The van der Waals surface area contributed by atoms with E-state index in [4.69, 9.17) is 17.3 Å². The summed E-state index contributed by atoms with van der Waals surface area (Å²) in [6, 6.07) is 17.3. The van der Waals surface area contributed by atoms with Crippen molar-refractivity contribution in [1.82, 2.24) is 4.98 Å². The number of hydrogen-bond donors (Lipinski definition) is 2. The second-order valence-corrected chi connectivity index (χ2v) is 7.70. The number of aryl methyl sites for hydroxylation is 3. The van der Waals surface area contributed by atoms with Gasteiger partial charge in [-0.3, -0.25) is 0 Å². The average molecular weight is 377 g/mol. The predicted octanol–water partition coefficient (Wildman–Crippen LogP) is 6.54. The molecule has 0 bridgehead atoms. The molecule has 3 aromatic carbocycles. The van der Waals surface area contributed by atoms with Crippen molar-refractivity contribution in [3.05, 3.63) is 70.2 Å². The van der Waals surface area contributed by atoms with Crippen LogP contribution in [0.15, 0.2) is 48.5 Å². The number of H-pyrrole nitrogens is 1. The third-order valence-electron chi connectivity index (χ3n) is 5.57. The smallest absolute Gasteiger partial charge is 0.0506 e. The van der Waals surface area contributed by atoms with Crippen LogP contribution in [0.2, 0.25) is 5.02 Å². The highest BCUT2D eigenvalue weighted by atomic mass is 35.5. The van der Waals surface area contributed by atoms with Crippen molar-refractivity contribution >= 4 is 33.3 Å². The van der Waals surface area contributed by atoms with Gasteiger partial charge < -0.3 is 10.7 Å². The minimum absolute atomic E-state index is 0.732. The van der Waals surface area contributed by atoms with E-state index in [1.807, 2.05) is 6.07 Å². The van der Waals surface area contributed by atoms with E-state index in [2.05, 4.69) is 61.3 Å². The van der Waals surface area contributed by atoms with Gasteiger partial charge in [-0.25, -0.2) is 0 Å². The number of halogens is 1. The minimum Gasteiger partial charge on any atom is -0.354 e. The second kappa shape index (κ2) is 7.38. The zero-order valence-corrected chi connectivity index (χ0v) is 16.7. The molecule has 2 nitrogen and oxygen atoms in total. The first kappa shape index (κ1) is 18.1. The number of unbranched alkanes of at least 4 members (excludes halogenated alkanes) is 1. The van der Waals surface area contributed by atoms with Crippen LogP contribution in [0, 0.1) is 13.8 Å². The normalized spacial score (nSPS) is 11.6. The van der Waals surface area contributed by atoms with Gasteiger partial charge in [-0.2, -0.15) is 0 Å². The topological polar surface area (TPSA) is 41.8 Å². The Balaban J connectivity index is 2.00. The lowest BCUT2D eigenvalue weighted by Gasteiger charge is -2.10. The summed E-state index contributed by atoms with van der Waals surface area (Å²) in [6.45, 7) is 4.99. The molecule has 0 radical (unpaired) electrons. The first-order valence-electron chi connectivity index (χ1n) is 9.60. The van der Waals surface area contributed by atoms with E-state index >= 15 is 0 Å². The summed E-state index contributed by atoms with van der Waals surface area (Å²) in [4.78, 5) is 3.71. The van der Waals surface area contributed by atoms with Gasteiger partial charge in [0.05, 0.1) is 11.2 Å². The van der Waals surface area contributed by atoms with Crippen LogP contribution in [0.4, 0.5) is 0 Å². The molecule has 3 heteroatoms. The van der Waals surface area contributed by atoms with Crippen LogP contribution in [0.5, 0.6) is 0 Å². The molecular formula is C24H25ClN2. The molecule has 0 atom stereocenters. The maximum Gasteiger partial charge on any atom is 0.0506 e. The van der Waals surface area contributed by atoms with Crippen molar-refractivity contribution < 1.29 is 0 Å². The molecule has 0 saturated heterocycles. The third-order valence-corrected chi connectivity index (χ3v) is 5.98. The number of nitrogens with two attached hydrogens (primary N) is 1. The van der Waals surface area contributed by atoms with Crippen LogP contribution in [0.3, 0.4) is 0 Å². The highest BCUT2D eigenvalue weighted by Crippen LogP contribution is 2.38. The molecule has 0 unspecified atom stereocenters. The first-order chi connectivity index (χ1) is 13.1. The Morgan fingerprint density at radius 3 is 2.44 bits per heavy atom. The molecule has 1 heterocycles. The summed E-state index contributed by atoms with van der Waals surface area (Å²) >= 11 is 6.40. The zero-order chi connectivity index (χ0) is 19.0. The fourth-order valence-corrected chi connectivity index (χ4v) is 4.19. The standard InChI is InChI=1S/C24H25ClN2/c1-15-10-11-20(18-8-4-3-7-17(15)18)24-19(9-5-6-14-26)21-12-13-22(25)16(2)23(21)27-24/h3-4,7-8,10-13,27H,5-6,9,14,26H2,1-2H3. The van der Waals surface area contributed by atoms with Crippen LogP contribution in [0.1, 0.15) is 29.5 Å². The predicted molar refractivity (Wildman–Crippen MR) is 118 cm³/mol. The number of benzene rings is 3. The molecule has 0 amide bonds. The molecule has 4 rings (SSSR count). The lowest BCUT2D eigenvalue weighted by atomic mass is 9.94. The fraction of sp³-hybridized carbons (Fsp3) is 0.250. The van der Waals surface area contributed by atoms with Gasteiger partial charge in [0.25, 0.3) is 0 Å². The van der Waals surface area contributed by atoms with Crippen molar-refractivity contribution in [2.24, 2.45) is 5.73 Å². The van der Waals surface area contributed by atoms with Crippen molar-refractivity contribution in [2.45, 2.75) is 33.1 Å². The number of fused-ring (bicyclic) bond motifs is 2. The van der Waals surface area contributed by atoms with Gasteiger partial charge in [-0.1, -0.05) is 54.1 Å². The summed E-state index contributed by atoms with van der Waals surface area (Å²) in [5.41, 5.74) is 13.1. The maximum absolute atomic E-state index is 6.40. The Kier molecular flexibility index (Phi) is 4.94. The number of hydrogen-bond acceptors (Lipinski definition) is 1. The molecule has 138 valence electrons. The van der Waals surface area contributed by atoms with Gasteiger partial charge in [0.15, 0.2) is 0 Å². The van der Waals surface area contributed by atoms with Crippen molar-refractivity contribution in [3.8, 4) is 11.3 Å². The minimum atomic E-state index is 0.732. The van der Waals surface area contributed by atoms with Gasteiger partial charge in [0.2, 0.25) is 0 Å². The summed E-state index contributed by atoms with van der Waals surface area (Å²) in [6.07, 6.45) is 3.13. The molecule has 0 fully saturated rings. The molecule has 3 N–H and O–H groups in total.